The zero-order chi connectivity index (χ0) is 26.0. The lowest BCUT2D eigenvalue weighted by Gasteiger charge is -2.20. The molecule has 35 heavy (non-hydrogen) atoms. The number of nitrogens with two attached hydrogens (primary N) is 1. The maximum Gasteiger partial charge on any atom is 0.416 e. The molecule has 3 rings (SSSR count). The van der Waals surface area contributed by atoms with Gasteiger partial charge in [0, 0.05) is 23.6 Å². The first-order valence-corrected chi connectivity index (χ1v) is 10.9. The Morgan fingerprint density at radius 2 is 1.66 bits per heavy atom. The molecule has 1 heterocycles. The number of hydrogen-bond acceptors (Lipinski definition) is 3. The molecule has 2 aromatic rings. The van der Waals surface area contributed by atoms with E-state index in [4.69, 9.17) is 5.73 Å². The van der Waals surface area contributed by atoms with Crippen molar-refractivity contribution in [3.05, 3.63) is 70.3 Å². The third-order valence-electron chi connectivity index (χ3n) is 5.82. The normalized spacial score (nSPS) is 16.5. The monoisotopic (exact) mass is 497 g/mol. The molecule has 2 aromatic carbocycles. The minimum atomic E-state index is -5.00. The third kappa shape index (κ3) is 6.86. The summed E-state index contributed by atoms with van der Waals surface area (Å²) in [5.41, 5.74) is 5.58. The first-order valence-electron chi connectivity index (χ1n) is 10.9. The number of rotatable bonds is 6. The van der Waals surface area contributed by atoms with E-state index in [1.165, 1.54) is 0 Å². The van der Waals surface area contributed by atoms with E-state index < -0.39 is 35.1 Å². The third-order valence-corrected chi connectivity index (χ3v) is 5.82. The van der Waals surface area contributed by atoms with E-state index in [1.54, 1.807) is 13.0 Å². The predicted molar refractivity (Wildman–Crippen MR) is 123 cm³/mol. The number of amides is 1. The van der Waals surface area contributed by atoms with Crippen molar-refractivity contribution in [2.45, 2.75) is 45.5 Å². The highest BCUT2D eigenvalue weighted by Crippen LogP contribution is 2.37. The van der Waals surface area contributed by atoms with Crippen LogP contribution in [0.4, 0.5) is 37.7 Å². The van der Waals surface area contributed by atoms with Crippen LogP contribution in [0, 0.1) is 12.8 Å². The quantitative estimate of drug-likeness (QED) is 0.349. The van der Waals surface area contributed by atoms with Crippen molar-refractivity contribution in [3.63, 3.8) is 0 Å². The van der Waals surface area contributed by atoms with Crippen LogP contribution in [0.15, 0.2) is 53.0 Å². The molecule has 4 nitrogen and oxygen atoms in total. The number of nitrogens with zero attached hydrogens (tertiary/aromatic N) is 1. The fourth-order valence-electron chi connectivity index (χ4n) is 3.85. The topological polar surface area (TPSA) is 67.5 Å². The average Bonchev–Trinajstić information content (AvgIpc) is 2.76. The van der Waals surface area contributed by atoms with Crippen molar-refractivity contribution in [1.82, 2.24) is 0 Å². The maximum atomic E-state index is 13.1. The van der Waals surface area contributed by atoms with Crippen LogP contribution in [0.3, 0.4) is 0 Å². The van der Waals surface area contributed by atoms with Crippen molar-refractivity contribution >= 4 is 23.0 Å². The van der Waals surface area contributed by atoms with Gasteiger partial charge in [-0.25, -0.2) is 0 Å². The minimum Gasteiger partial charge on any atom is -0.399 e. The molecular formula is C25H25F6N3O. The molecule has 188 valence electrons. The number of carbonyl (C=O) groups excluding carboxylic acids is 1. The van der Waals surface area contributed by atoms with Crippen molar-refractivity contribution in [2.75, 3.05) is 17.6 Å². The van der Waals surface area contributed by atoms with Gasteiger partial charge in [-0.05, 0) is 74.4 Å². The number of benzene rings is 2. The Morgan fingerprint density at radius 1 is 1.03 bits per heavy atom. The highest BCUT2D eigenvalue weighted by Gasteiger charge is 2.37. The van der Waals surface area contributed by atoms with E-state index in [2.05, 4.69) is 10.3 Å². The summed E-state index contributed by atoms with van der Waals surface area (Å²) in [6.07, 6.45) is -6.02. The van der Waals surface area contributed by atoms with Crippen molar-refractivity contribution < 1.29 is 31.1 Å². The number of aryl methyl sites for hydroxylation is 2. The average molecular weight is 497 g/mol. The van der Waals surface area contributed by atoms with Crippen molar-refractivity contribution in [2.24, 2.45) is 10.9 Å². The molecule has 0 aliphatic carbocycles. The van der Waals surface area contributed by atoms with Gasteiger partial charge in [-0.15, -0.1) is 0 Å². The lowest BCUT2D eigenvalue weighted by molar-refractivity contribution is -0.143. The summed E-state index contributed by atoms with van der Waals surface area (Å²) in [6, 6.07) is 6.78. The second-order valence-electron chi connectivity index (χ2n) is 8.60. The van der Waals surface area contributed by atoms with Gasteiger partial charge in [-0.3, -0.25) is 9.79 Å². The second kappa shape index (κ2) is 10.1. The van der Waals surface area contributed by atoms with Gasteiger partial charge >= 0.3 is 12.4 Å². The molecule has 1 atom stereocenters. The van der Waals surface area contributed by atoms with Gasteiger partial charge in [0.2, 0.25) is 0 Å². The number of halogens is 6. The summed E-state index contributed by atoms with van der Waals surface area (Å²) in [7, 11) is 0. The maximum absolute atomic E-state index is 13.1. The smallest absolute Gasteiger partial charge is 0.399 e. The highest BCUT2D eigenvalue weighted by atomic mass is 19.4. The van der Waals surface area contributed by atoms with Crippen LogP contribution in [0.1, 0.15) is 42.0 Å². The Labute approximate surface area is 198 Å². The standard InChI is InChI=1S/C25H25F6N3O/c1-14-8-16(6-7-22(14)32)4-3-5-17-9-21(15(2)33-13-17)23(35)34-20-11-18(24(26,27)28)10-19(12-20)25(29,30)31/h6-12,17H,3-5,13,32H2,1-2H3,(H,34,35). The number of nitrogen functional groups attached to an aromatic ring is 1. The molecule has 0 aromatic heterocycles. The Balaban J connectivity index is 1.72. The van der Waals surface area contributed by atoms with Crippen LogP contribution in [0.2, 0.25) is 0 Å². The zero-order valence-electron chi connectivity index (χ0n) is 19.1. The van der Waals surface area contributed by atoms with Crippen LogP contribution in [-0.2, 0) is 23.6 Å². The fourth-order valence-corrected chi connectivity index (χ4v) is 3.85. The Kier molecular flexibility index (Phi) is 7.62. The van der Waals surface area contributed by atoms with Crippen molar-refractivity contribution in [3.8, 4) is 0 Å². The molecule has 0 spiro atoms. The van der Waals surface area contributed by atoms with Gasteiger partial charge in [-0.1, -0.05) is 18.2 Å². The van der Waals surface area contributed by atoms with Gasteiger partial charge in [0.05, 0.1) is 16.7 Å². The molecule has 0 bridgehead atoms. The summed E-state index contributed by atoms with van der Waals surface area (Å²) in [6.45, 7) is 3.95. The summed E-state index contributed by atoms with van der Waals surface area (Å²) in [5.74, 6) is -0.890. The first-order chi connectivity index (χ1) is 16.2. The van der Waals surface area contributed by atoms with E-state index in [1.807, 2.05) is 25.1 Å². The summed E-state index contributed by atoms with van der Waals surface area (Å²) < 4.78 is 78.6. The van der Waals surface area contributed by atoms with Crippen molar-refractivity contribution in [1.29, 1.82) is 0 Å². The van der Waals surface area contributed by atoms with E-state index >= 15 is 0 Å². The van der Waals surface area contributed by atoms with Crippen LogP contribution in [0.25, 0.3) is 0 Å². The van der Waals surface area contributed by atoms with E-state index in [-0.39, 0.29) is 17.6 Å². The molecule has 1 aliphatic rings. The highest BCUT2D eigenvalue weighted by molar-refractivity contribution is 6.24. The Bertz CT molecular complexity index is 1130. The van der Waals surface area contributed by atoms with E-state index in [0.29, 0.717) is 36.5 Å². The molecule has 0 radical (unpaired) electrons. The molecule has 0 saturated carbocycles. The molecule has 1 amide bonds. The second-order valence-corrected chi connectivity index (χ2v) is 8.60. The lowest BCUT2D eigenvalue weighted by Crippen LogP contribution is -2.24. The SMILES string of the molecule is CC1=NCC(CCCc2ccc(N)c(C)c2)C=C1C(=O)Nc1cc(C(F)(F)F)cc(C(F)(F)F)c1. The molecule has 1 unspecified atom stereocenters. The number of nitrogens with one attached hydrogen (secondary N) is 1. The lowest BCUT2D eigenvalue weighted by atomic mass is 9.93. The Hall–Kier alpha value is -3.30. The summed E-state index contributed by atoms with van der Waals surface area (Å²) >= 11 is 0. The Morgan fingerprint density at radius 3 is 2.23 bits per heavy atom. The van der Waals surface area contributed by atoms with E-state index in [0.717, 1.165) is 24.0 Å². The van der Waals surface area contributed by atoms with Crippen LogP contribution < -0.4 is 11.1 Å². The first kappa shape index (κ1) is 26.3. The van der Waals surface area contributed by atoms with Gasteiger partial charge in [0.25, 0.3) is 5.91 Å². The van der Waals surface area contributed by atoms with Gasteiger partial charge in [0.15, 0.2) is 0 Å². The molecule has 0 fully saturated rings. The van der Waals surface area contributed by atoms with Gasteiger partial charge < -0.3 is 11.1 Å². The number of anilines is 2. The largest absolute Gasteiger partial charge is 0.416 e. The van der Waals surface area contributed by atoms with E-state index in [9.17, 15) is 31.1 Å². The number of dihydropyridines is 1. The minimum absolute atomic E-state index is 0.0147. The summed E-state index contributed by atoms with van der Waals surface area (Å²) in [5, 5.41) is 2.18. The van der Waals surface area contributed by atoms with Crippen LogP contribution in [0.5, 0.6) is 0 Å². The molecule has 3 N–H and O–H groups in total. The predicted octanol–water partition coefficient (Wildman–Crippen LogP) is 6.59. The number of hydrogen-bond donors (Lipinski definition) is 2. The number of aliphatic imine (C=N–C) groups is 1. The van der Waals surface area contributed by atoms with Gasteiger partial charge in [-0.2, -0.15) is 26.3 Å². The molecule has 0 saturated heterocycles. The van der Waals surface area contributed by atoms with Crippen LogP contribution in [-0.4, -0.2) is 18.2 Å². The molecule has 1 aliphatic heterocycles. The molecule has 10 heteroatoms. The van der Waals surface area contributed by atoms with Crippen LogP contribution >= 0.6 is 0 Å². The van der Waals surface area contributed by atoms with Gasteiger partial charge in [0.1, 0.15) is 0 Å². The molecular weight excluding hydrogens is 472 g/mol. The number of carbonyl (C=O) groups is 1. The zero-order valence-corrected chi connectivity index (χ0v) is 19.1. The number of alkyl halides is 6. The fraction of sp³-hybridized carbons (Fsp3) is 0.360. The summed E-state index contributed by atoms with van der Waals surface area (Å²) in [4.78, 5) is 17.1.